The zero-order chi connectivity index (χ0) is 15.6. The van der Waals surface area contributed by atoms with Gasteiger partial charge in [-0.15, -0.1) is 0 Å². The second kappa shape index (κ2) is 6.48. The highest BCUT2D eigenvalue weighted by Gasteiger charge is 2.49. The minimum Gasteiger partial charge on any atom is -0.358 e. The molecule has 21 heavy (non-hydrogen) atoms. The van der Waals surface area contributed by atoms with E-state index in [0.717, 1.165) is 10.0 Å². The molecule has 1 aliphatic rings. The van der Waals surface area contributed by atoms with Crippen LogP contribution in [0.3, 0.4) is 0 Å². The van der Waals surface area contributed by atoms with Crippen LogP contribution in [0.1, 0.15) is 5.56 Å². The van der Waals surface area contributed by atoms with E-state index in [1.165, 1.54) is 7.11 Å². The molecule has 1 amide bonds. The number of halogens is 1. The zero-order valence-electron chi connectivity index (χ0n) is 11.4. The van der Waals surface area contributed by atoms with Gasteiger partial charge in [-0.05, 0) is 30.7 Å². The number of hydrogen-bond donors (Lipinski definition) is 3. The van der Waals surface area contributed by atoms with Crippen LogP contribution in [0.2, 0.25) is 0 Å². The number of anilines is 1. The number of ether oxygens (including phenoxy) is 1. The van der Waals surface area contributed by atoms with E-state index in [4.69, 9.17) is 4.74 Å². The summed E-state index contributed by atoms with van der Waals surface area (Å²) in [5.41, 5.74) is 6.71. The van der Waals surface area contributed by atoms with Crippen molar-refractivity contribution < 1.29 is 14.5 Å². The summed E-state index contributed by atoms with van der Waals surface area (Å²) < 4.78 is 5.87. The van der Waals surface area contributed by atoms with Gasteiger partial charge in [-0.2, -0.15) is 0 Å². The van der Waals surface area contributed by atoms with Crippen molar-refractivity contribution in [3.8, 4) is 0 Å². The highest BCUT2D eigenvalue weighted by atomic mass is 79.9. The fourth-order valence-electron chi connectivity index (χ4n) is 2.11. The highest BCUT2D eigenvalue weighted by Crippen LogP contribution is 2.21. The molecule has 1 fully saturated rings. The number of carbonyl (C=O) groups is 1. The number of methoxy groups -OCH3 is 1. The molecule has 3 unspecified atom stereocenters. The van der Waals surface area contributed by atoms with Gasteiger partial charge in [-0.3, -0.25) is 14.9 Å². The SMILES string of the molecule is COC1NNC(C(=O)Nc2ccc(Br)c(C)c2)C1[N+](=O)[O-]. The van der Waals surface area contributed by atoms with Crippen LogP contribution in [0.4, 0.5) is 5.69 Å². The average Bonchev–Trinajstić information content (AvgIpc) is 2.87. The van der Waals surface area contributed by atoms with E-state index in [1.54, 1.807) is 18.2 Å². The number of hydrazine groups is 1. The van der Waals surface area contributed by atoms with Gasteiger partial charge in [0.1, 0.15) is 0 Å². The highest BCUT2D eigenvalue weighted by molar-refractivity contribution is 9.10. The van der Waals surface area contributed by atoms with E-state index in [9.17, 15) is 14.9 Å². The van der Waals surface area contributed by atoms with Crippen molar-refractivity contribution in [1.82, 2.24) is 10.9 Å². The number of nitrogens with one attached hydrogen (secondary N) is 3. The molecule has 1 aromatic rings. The molecule has 1 saturated heterocycles. The van der Waals surface area contributed by atoms with Gasteiger partial charge in [0.2, 0.25) is 5.91 Å². The third-order valence-corrected chi connectivity index (χ3v) is 4.13. The first kappa shape index (κ1) is 15.8. The third-order valence-electron chi connectivity index (χ3n) is 3.24. The predicted octanol–water partition coefficient (Wildman–Crippen LogP) is 0.790. The first-order valence-corrected chi connectivity index (χ1v) is 6.97. The molecule has 8 nitrogen and oxygen atoms in total. The van der Waals surface area contributed by atoms with Crippen LogP contribution in [-0.4, -0.2) is 36.3 Å². The summed E-state index contributed by atoms with van der Waals surface area (Å²) in [5.74, 6) is -0.495. The van der Waals surface area contributed by atoms with E-state index in [1.807, 2.05) is 6.92 Å². The Balaban J connectivity index is 2.12. The number of rotatable bonds is 4. The molecule has 9 heteroatoms. The first-order chi connectivity index (χ1) is 9.93. The Morgan fingerprint density at radius 2 is 2.19 bits per heavy atom. The maximum atomic E-state index is 12.2. The summed E-state index contributed by atoms with van der Waals surface area (Å²) in [6.45, 7) is 1.88. The van der Waals surface area contributed by atoms with Gasteiger partial charge in [0.15, 0.2) is 12.3 Å². The molecule has 0 aromatic heterocycles. The molecule has 1 aromatic carbocycles. The van der Waals surface area contributed by atoms with E-state index < -0.39 is 29.1 Å². The Bertz CT molecular complexity index is 568. The normalized spacial score (nSPS) is 24.8. The largest absolute Gasteiger partial charge is 0.358 e. The number of benzene rings is 1. The zero-order valence-corrected chi connectivity index (χ0v) is 13.0. The summed E-state index contributed by atoms with van der Waals surface area (Å²) in [6.07, 6.45) is -0.859. The van der Waals surface area contributed by atoms with Crippen molar-refractivity contribution in [2.45, 2.75) is 25.2 Å². The third kappa shape index (κ3) is 3.38. The first-order valence-electron chi connectivity index (χ1n) is 6.18. The summed E-state index contributed by atoms with van der Waals surface area (Å²) >= 11 is 3.37. The Labute approximate surface area is 129 Å². The number of nitro groups is 1. The van der Waals surface area contributed by atoms with Crippen LogP contribution in [0.5, 0.6) is 0 Å². The minimum absolute atomic E-state index is 0.495. The monoisotopic (exact) mass is 358 g/mol. The van der Waals surface area contributed by atoms with Crippen molar-refractivity contribution in [1.29, 1.82) is 0 Å². The molecule has 0 saturated carbocycles. The minimum atomic E-state index is -1.20. The second-order valence-electron chi connectivity index (χ2n) is 4.65. The Hall–Kier alpha value is -1.55. The van der Waals surface area contributed by atoms with Crippen LogP contribution >= 0.6 is 15.9 Å². The summed E-state index contributed by atoms with van der Waals surface area (Å²) in [7, 11) is 1.34. The van der Waals surface area contributed by atoms with Crippen LogP contribution in [0, 0.1) is 17.0 Å². The van der Waals surface area contributed by atoms with Gasteiger partial charge in [-0.25, -0.2) is 10.9 Å². The number of amides is 1. The number of nitrogens with zero attached hydrogens (tertiary/aromatic N) is 1. The Morgan fingerprint density at radius 3 is 2.76 bits per heavy atom. The van der Waals surface area contributed by atoms with Crippen molar-refractivity contribution in [3.63, 3.8) is 0 Å². The molecule has 114 valence electrons. The fraction of sp³-hybridized carbons (Fsp3) is 0.417. The van der Waals surface area contributed by atoms with Crippen LogP contribution < -0.4 is 16.2 Å². The van der Waals surface area contributed by atoms with Crippen molar-refractivity contribution in [2.24, 2.45) is 0 Å². The molecule has 2 rings (SSSR count). The van der Waals surface area contributed by atoms with E-state index in [2.05, 4.69) is 32.1 Å². The summed E-state index contributed by atoms with van der Waals surface area (Å²) in [4.78, 5) is 22.8. The molecule has 0 radical (unpaired) electrons. The molecular formula is C12H15BrN4O4. The fourth-order valence-corrected chi connectivity index (χ4v) is 2.36. The molecule has 0 aliphatic carbocycles. The summed E-state index contributed by atoms with van der Waals surface area (Å²) in [6, 6.07) is 3.07. The topological polar surface area (TPSA) is 106 Å². The lowest BCUT2D eigenvalue weighted by molar-refractivity contribution is -0.532. The second-order valence-corrected chi connectivity index (χ2v) is 5.51. The molecule has 3 N–H and O–H groups in total. The maximum absolute atomic E-state index is 12.2. The van der Waals surface area contributed by atoms with Gasteiger partial charge >= 0.3 is 0 Å². The lowest BCUT2D eigenvalue weighted by Crippen LogP contribution is -2.47. The van der Waals surface area contributed by atoms with Crippen molar-refractivity contribution in [2.75, 3.05) is 12.4 Å². The molecular weight excluding hydrogens is 344 g/mol. The number of hydrogen-bond acceptors (Lipinski definition) is 6. The quantitative estimate of drug-likeness (QED) is 0.542. The van der Waals surface area contributed by atoms with Crippen LogP contribution in [0.15, 0.2) is 22.7 Å². The lowest BCUT2D eigenvalue weighted by atomic mass is 10.1. The molecule has 0 spiro atoms. The van der Waals surface area contributed by atoms with E-state index in [0.29, 0.717) is 5.69 Å². The van der Waals surface area contributed by atoms with Gasteiger partial charge in [0.05, 0.1) is 0 Å². The smallest absolute Gasteiger partial charge is 0.278 e. The predicted molar refractivity (Wildman–Crippen MR) is 79.1 cm³/mol. The van der Waals surface area contributed by atoms with Gasteiger partial charge in [-0.1, -0.05) is 15.9 Å². The maximum Gasteiger partial charge on any atom is 0.278 e. The van der Waals surface area contributed by atoms with Crippen molar-refractivity contribution in [3.05, 3.63) is 38.3 Å². The van der Waals surface area contributed by atoms with E-state index >= 15 is 0 Å². The molecule has 1 heterocycles. The van der Waals surface area contributed by atoms with Crippen molar-refractivity contribution >= 4 is 27.5 Å². The summed E-state index contributed by atoms with van der Waals surface area (Å²) in [5, 5.41) is 13.8. The van der Waals surface area contributed by atoms with Crippen LogP contribution in [0.25, 0.3) is 0 Å². The standard InChI is InChI=1S/C12H15BrN4O4/c1-6-5-7(3-4-8(6)13)14-11(18)9-10(17(19)20)12(21-2)16-15-9/h3-5,9-10,12,15-16H,1-2H3,(H,14,18). The van der Waals surface area contributed by atoms with Gasteiger partial charge in [0, 0.05) is 22.2 Å². The van der Waals surface area contributed by atoms with Crippen LogP contribution in [-0.2, 0) is 9.53 Å². The van der Waals surface area contributed by atoms with Gasteiger partial charge in [0.25, 0.3) is 6.04 Å². The van der Waals surface area contributed by atoms with E-state index in [-0.39, 0.29) is 0 Å². The van der Waals surface area contributed by atoms with Gasteiger partial charge < -0.3 is 10.1 Å². The molecule has 1 aliphatic heterocycles. The Morgan fingerprint density at radius 1 is 1.48 bits per heavy atom. The number of aryl methyl sites for hydroxylation is 1. The molecule has 3 atom stereocenters. The number of carbonyl (C=O) groups excluding carboxylic acids is 1. The molecule has 0 bridgehead atoms. The lowest BCUT2D eigenvalue weighted by Gasteiger charge is -2.15. The Kier molecular flexibility index (Phi) is 4.88. The average molecular weight is 359 g/mol.